The first kappa shape index (κ1) is 21.0. The Balaban J connectivity index is 1.85. The molecule has 1 aliphatic heterocycles. The van der Waals surface area contributed by atoms with E-state index in [0.29, 0.717) is 24.7 Å². The molecule has 1 saturated carbocycles. The number of nitrogens with zero attached hydrogens (tertiary/aromatic N) is 2. The van der Waals surface area contributed by atoms with Crippen LogP contribution >= 0.6 is 0 Å². The molecule has 0 amide bonds. The Morgan fingerprint density at radius 3 is 2.29 bits per heavy atom. The molecule has 1 aliphatic carbocycles. The minimum Gasteiger partial charge on any atom is -0.372 e. The van der Waals surface area contributed by atoms with Gasteiger partial charge in [0.25, 0.3) is 5.69 Å². The van der Waals surface area contributed by atoms with Crippen LogP contribution in [0.1, 0.15) is 46.5 Å². The van der Waals surface area contributed by atoms with Crippen LogP contribution in [0.2, 0.25) is 0 Å². The number of nitrogens with one attached hydrogen (secondary N) is 1. The third kappa shape index (κ3) is 4.82. The first-order valence-electron chi connectivity index (χ1n) is 9.87. The molecule has 0 radical (unpaired) electrons. The van der Waals surface area contributed by atoms with Gasteiger partial charge in [0.1, 0.15) is 5.69 Å². The standard InChI is InChI=1S/C19H29N3O5S/c1-13-4-6-16(7-5-13)20-28(25,26)17-8-9-18(19(10-17)22(23)24)21-11-14(2)27-15(3)12-21/h8-10,13-16,20H,4-7,11-12H2,1-3H3. The highest BCUT2D eigenvalue weighted by Crippen LogP contribution is 2.33. The van der Waals surface area contributed by atoms with Crippen LogP contribution < -0.4 is 9.62 Å². The molecule has 0 spiro atoms. The minimum absolute atomic E-state index is 0.0536. The van der Waals surface area contributed by atoms with E-state index in [1.165, 1.54) is 12.1 Å². The van der Waals surface area contributed by atoms with Gasteiger partial charge in [-0.05, 0) is 57.6 Å². The van der Waals surface area contributed by atoms with E-state index in [9.17, 15) is 18.5 Å². The van der Waals surface area contributed by atoms with Crippen molar-refractivity contribution in [2.45, 2.75) is 69.6 Å². The zero-order chi connectivity index (χ0) is 20.5. The molecule has 1 heterocycles. The number of ether oxygens (including phenoxy) is 1. The highest BCUT2D eigenvalue weighted by atomic mass is 32.2. The molecule has 2 unspecified atom stereocenters. The number of hydrogen-bond donors (Lipinski definition) is 1. The van der Waals surface area contributed by atoms with Crippen LogP contribution in [0.4, 0.5) is 11.4 Å². The molecule has 2 aliphatic rings. The molecule has 0 aromatic heterocycles. The van der Waals surface area contributed by atoms with Gasteiger partial charge in [0.05, 0.1) is 22.0 Å². The molecule has 1 saturated heterocycles. The van der Waals surface area contributed by atoms with Gasteiger partial charge in [-0.1, -0.05) is 6.92 Å². The highest BCUT2D eigenvalue weighted by molar-refractivity contribution is 7.89. The molecule has 0 bridgehead atoms. The van der Waals surface area contributed by atoms with Crippen LogP contribution in [0.3, 0.4) is 0 Å². The van der Waals surface area contributed by atoms with Crippen LogP contribution in [-0.4, -0.2) is 44.7 Å². The molecule has 1 N–H and O–H groups in total. The summed E-state index contributed by atoms with van der Waals surface area (Å²) in [4.78, 5) is 13.0. The first-order valence-corrected chi connectivity index (χ1v) is 11.3. The van der Waals surface area contributed by atoms with Gasteiger partial charge < -0.3 is 9.64 Å². The predicted molar refractivity (Wildman–Crippen MR) is 107 cm³/mol. The average molecular weight is 412 g/mol. The average Bonchev–Trinajstić information content (AvgIpc) is 2.62. The van der Waals surface area contributed by atoms with Crippen molar-refractivity contribution >= 4 is 21.4 Å². The molecular formula is C19H29N3O5S. The van der Waals surface area contributed by atoms with Crippen molar-refractivity contribution in [3.8, 4) is 0 Å². The lowest BCUT2D eigenvalue weighted by Gasteiger charge is -2.36. The fourth-order valence-electron chi connectivity index (χ4n) is 4.12. The minimum atomic E-state index is -3.80. The maximum atomic E-state index is 12.8. The number of anilines is 1. The zero-order valence-corrected chi connectivity index (χ0v) is 17.4. The third-order valence-corrected chi connectivity index (χ3v) is 7.07. The van der Waals surface area contributed by atoms with Gasteiger partial charge in [0.15, 0.2) is 0 Å². The SMILES string of the molecule is CC1CCC(NS(=O)(=O)c2ccc(N3CC(C)OC(C)C3)c([N+](=O)[O-])c2)CC1. The second-order valence-electron chi connectivity index (χ2n) is 8.15. The Bertz CT molecular complexity index is 811. The lowest BCUT2D eigenvalue weighted by Crippen LogP contribution is -2.45. The second kappa shape index (κ2) is 8.34. The Morgan fingerprint density at radius 2 is 1.71 bits per heavy atom. The molecule has 28 heavy (non-hydrogen) atoms. The van der Waals surface area contributed by atoms with Crippen LogP contribution in [0.5, 0.6) is 0 Å². The van der Waals surface area contributed by atoms with E-state index in [1.807, 2.05) is 18.7 Å². The molecule has 8 nitrogen and oxygen atoms in total. The molecule has 3 rings (SSSR count). The highest BCUT2D eigenvalue weighted by Gasteiger charge is 2.30. The Hall–Kier alpha value is -1.71. The van der Waals surface area contributed by atoms with E-state index in [2.05, 4.69) is 11.6 Å². The smallest absolute Gasteiger partial charge is 0.293 e. The van der Waals surface area contributed by atoms with E-state index in [4.69, 9.17) is 4.74 Å². The van der Waals surface area contributed by atoms with Gasteiger partial charge in [-0.3, -0.25) is 10.1 Å². The van der Waals surface area contributed by atoms with Crippen LogP contribution in [0.15, 0.2) is 23.1 Å². The summed E-state index contributed by atoms with van der Waals surface area (Å²) in [5.41, 5.74) is 0.235. The van der Waals surface area contributed by atoms with Gasteiger partial charge >= 0.3 is 0 Å². The Labute approximate surface area is 166 Å². The fourth-order valence-corrected chi connectivity index (χ4v) is 5.45. The van der Waals surface area contributed by atoms with Crippen LogP contribution in [-0.2, 0) is 14.8 Å². The summed E-state index contributed by atoms with van der Waals surface area (Å²) in [6.45, 7) is 7.05. The lowest BCUT2D eigenvalue weighted by molar-refractivity contribution is -0.384. The van der Waals surface area contributed by atoms with Gasteiger partial charge in [-0.25, -0.2) is 13.1 Å². The van der Waals surface area contributed by atoms with Crippen molar-refractivity contribution in [2.75, 3.05) is 18.0 Å². The summed E-state index contributed by atoms with van der Waals surface area (Å²) in [5.74, 6) is 0.611. The number of rotatable bonds is 5. The van der Waals surface area contributed by atoms with Crippen molar-refractivity contribution in [2.24, 2.45) is 5.92 Å². The Morgan fingerprint density at radius 1 is 1.11 bits per heavy atom. The van der Waals surface area contributed by atoms with Gasteiger partial charge in [-0.15, -0.1) is 0 Å². The van der Waals surface area contributed by atoms with Crippen LogP contribution in [0, 0.1) is 16.0 Å². The third-order valence-electron chi connectivity index (χ3n) is 5.55. The van der Waals surface area contributed by atoms with Gasteiger partial charge in [0, 0.05) is 25.2 Å². The number of hydrogen-bond acceptors (Lipinski definition) is 6. The van der Waals surface area contributed by atoms with E-state index in [0.717, 1.165) is 25.7 Å². The monoisotopic (exact) mass is 411 g/mol. The maximum Gasteiger partial charge on any atom is 0.293 e. The van der Waals surface area contributed by atoms with E-state index >= 15 is 0 Å². The molecule has 2 atom stereocenters. The molecule has 1 aromatic rings. The maximum absolute atomic E-state index is 12.8. The first-order chi connectivity index (χ1) is 13.2. The van der Waals surface area contributed by atoms with E-state index in [1.54, 1.807) is 6.07 Å². The Kier molecular flexibility index (Phi) is 6.26. The number of sulfonamides is 1. The summed E-state index contributed by atoms with van der Waals surface area (Å²) < 4.78 is 34.0. The quantitative estimate of drug-likeness (QED) is 0.590. The largest absolute Gasteiger partial charge is 0.372 e. The van der Waals surface area contributed by atoms with Crippen LogP contribution in [0.25, 0.3) is 0 Å². The van der Waals surface area contributed by atoms with Crippen molar-refractivity contribution in [3.63, 3.8) is 0 Å². The van der Waals surface area contributed by atoms with Crippen molar-refractivity contribution in [3.05, 3.63) is 28.3 Å². The molecular weight excluding hydrogens is 382 g/mol. The van der Waals surface area contributed by atoms with Crippen molar-refractivity contribution < 1.29 is 18.1 Å². The summed E-state index contributed by atoms with van der Waals surface area (Å²) in [7, 11) is -3.80. The van der Waals surface area contributed by atoms with Crippen molar-refractivity contribution in [1.29, 1.82) is 0 Å². The molecule has 2 fully saturated rings. The number of nitro benzene ring substituents is 1. The second-order valence-corrected chi connectivity index (χ2v) is 9.86. The summed E-state index contributed by atoms with van der Waals surface area (Å²) >= 11 is 0. The number of nitro groups is 1. The van der Waals surface area contributed by atoms with E-state index in [-0.39, 0.29) is 28.8 Å². The fraction of sp³-hybridized carbons (Fsp3) is 0.684. The predicted octanol–water partition coefficient (Wildman–Crippen LogP) is 3.07. The van der Waals surface area contributed by atoms with Gasteiger partial charge in [-0.2, -0.15) is 0 Å². The normalized spacial score (nSPS) is 28.9. The molecule has 9 heteroatoms. The van der Waals surface area contributed by atoms with Gasteiger partial charge in [0.2, 0.25) is 10.0 Å². The number of morpholine rings is 1. The molecule has 156 valence electrons. The number of benzene rings is 1. The van der Waals surface area contributed by atoms with Crippen molar-refractivity contribution in [1.82, 2.24) is 4.72 Å². The summed E-state index contributed by atoms with van der Waals surface area (Å²) in [6.07, 6.45) is 3.46. The molecule has 1 aromatic carbocycles. The topological polar surface area (TPSA) is 102 Å². The lowest BCUT2D eigenvalue weighted by atomic mass is 9.88. The zero-order valence-electron chi connectivity index (χ0n) is 16.6. The summed E-state index contributed by atoms with van der Waals surface area (Å²) in [6, 6.07) is 4.07. The summed E-state index contributed by atoms with van der Waals surface area (Å²) in [5, 5.41) is 11.7. The van der Waals surface area contributed by atoms with E-state index < -0.39 is 14.9 Å².